The molecule has 1 aliphatic rings. The van der Waals surface area contributed by atoms with Crippen LogP contribution in [0.5, 0.6) is 0 Å². The third-order valence-electron chi connectivity index (χ3n) is 4.01. The van der Waals surface area contributed by atoms with E-state index < -0.39 is 35.5 Å². The third kappa shape index (κ3) is 2.21. The maximum Gasteiger partial charge on any atom is 0.437 e. The fourth-order valence-electron chi connectivity index (χ4n) is 2.77. The number of halogens is 6. The summed E-state index contributed by atoms with van der Waals surface area (Å²) >= 11 is 0. The van der Waals surface area contributed by atoms with Gasteiger partial charge in [-0.25, -0.2) is 4.98 Å². The van der Waals surface area contributed by atoms with Gasteiger partial charge in [0.1, 0.15) is 5.69 Å². The van der Waals surface area contributed by atoms with Gasteiger partial charge >= 0.3 is 12.4 Å². The molecule has 0 saturated heterocycles. The summed E-state index contributed by atoms with van der Waals surface area (Å²) in [6.45, 7) is 1.96. The number of rotatable bonds is 1. The number of aliphatic hydroxyl groups is 1. The fraction of sp³-hybridized carbons (Fsp3) is 0.538. The summed E-state index contributed by atoms with van der Waals surface area (Å²) in [5.74, 6) is -1.01. The van der Waals surface area contributed by atoms with E-state index in [0.29, 0.717) is 6.92 Å². The van der Waals surface area contributed by atoms with E-state index in [1.165, 1.54) is 6.92 Å². The van der Waals surface area contributed by atoms with Crippen molar-refractivity contribution < 1.29 is 36.0 Å². The molecule has 0 aliphatic carbocycles. The van der Waals surface area contributed by atoms with Crippen LogP contribution in [-0.2, 0) is 18.2 Å². The summed E-state index contributed by atoms with van der Waals surface area (Å²) < 4.78 is 83.7. The Bertz CT molecular complexity index is 787. The van der Waals surface area contributed by atoms with Gasteiger partial charge in [-0.3, -0.25) is 0 Å². The molecule has 1 aliphatic heterocycles. The minimum absolute atomic E-state index is 0.0914. The number of aromatic nitrogens is 3. The lowest BCUT2D eigenvalue weighted by atomic mass is 9.97. The molecule has 0 radical (unpaired) electrons. The minimum Gasteiger partial charge on any atom is -0.374 e. The molecular formula is C13H11F6N3O2. The molecule has 3 heterocycles. The average Bonchev–Trinajstić information content (AvgIpc) is 2.99. The standard InChI is InChI=1S/C13H11F6N3O2/c1-5-3-6-8(24-21-9(6)12(14,15)16)7-4-20-10(22(5)7)11(2,23)13(17,18)19/h4-5,23H,3H2,1-2H3/t5-,11?/m1/s1. The lowest BCUT2D eigenvalue weighted by molar-refractivity contribution is -0.262. The summed E-state index contributed by atoms with van der Waals surface area (Å²) in [6, 6.07) is -0.806. The number of nitrogens with zero attached hydrogens (tertiary/aromatic N) is 3. The van der Waals surface area contributed by atoms with Gasteiger partial charge < -0.3 is 14.2 Å². The van der Waals surface area contributed by atoms with E-state index in [1.54, 1.807) is 0 Å². The Morgan fingerprint density at radius 1 is 1.25 bits per heavy atom. The van der Waals surface area contributed by atoms with Crippen molar-refractivity contribution >= 4 is 0 Å². The second-order valence-corrected chi connectivity index (χ2v) is 5.80. The maximum absolute atomic E-state index is 13.1. The van der Waals surface area contributed by atoms with E-state index in [9.17, 15) is 31.4 Å². The van der Waals surface area contributed by atoms with Gasteiger partial charge in [-0.05, 0) is 20.3 Å². The lowest BCUT2D eigenvalue weighted by Gasteiger charge is -2.30. The molecule has 132 valence electrons. The molecule has 0 bridgehead atoms. The van der Waals surface area contributed by atoms with Crippen LogP contribution in [0.25, 0.3) is 11.5 Å². The highest BCUT2D eigenvalue weighted by Gasteiger charge is 2.55. The smallest absolute Gasteiger partial charge is 0.374 e. The predicted octanol–water partition coefficient (Wildman–Crippen LogP) is 3.44. The normalized spacial score (nSPS) is 20.5. The van der Waals surface area contributed by atoms with Crippen molar-refractivity contribution in [1.29, 1.82) is 0 Å². The first kappa shape index (κ1) is 16.8. The van der Waals surface area contributed by atoms with Crippen molar-refractivity contribution in [1.82, 2.24) is 14.7 Å². The quantitative estimate of drug-likeness (QED) is 0.796. The van der Waals surface area contributed by atoms with Gasteiger partial charge in [-0.2, -0.15) is 26.3 Å². The molecule has 11 heteroatoms. The topological polar surface area (TPSA) is 64.1 Å². The van der Waals surface area contributed by atoms with Gasteiger partial charge in [0.05, 0.1) is 6.20 Å². The summed E-state index contributed by atoms with van der Waals surface area (Å²) in [4.78, 5) is 3.58. The molecule has 0 saturated carbocycles. The monoisotopic (exact) mass is 355 g/mol. The van der Waals surface area contributed by atoms with E-state index in [4.69, 9.17) is 4.52 Å². The number of hydrogen-bond donors (Lipinski definition) is 1. The van der Waals surface area contributed by atoms with Gasteiger partial charge in [-0.1, -0.05) is 5.16 Å². The molecule has 1 unspecified atom stereocenters. The molecule has 1 N–H and O–H groups in total. The number of alkyl halides is 6. The lowest BCUT2D eigenvalue weighted by Crippen LogP contribution is -2.42. The molecule has 0 fully saturated rings. The van der Waals surface area contributed by atoms with Crippen molar-refractivity contribution in [3.63, 3.8) is 0 Å². The molecule has 0 aromatic carbocycles. The Morgan fingerprint density at radius 2 is 1.88 bits per heavy atom. The van der Waals surface area contributed by atoms with Crippen molar-refractivity contribution in [3.8, 4) is 11.5 Å². The van der Waals surface area contributed by atoms with Gasteiger partial charge in [0.15, 0.2) is 17.3 Å². The highest BCUT2D eigenvalue weighted by atomic mass is 19.4. The Balaban J connectivity index is 2.19. The first-order valence-electron chi connectivity index (χ1n) is 6.78. The Kier molecular flexibility index (Phi) is 3.32. The first-order chi connectivity index (χ1) is 10.9. The summed E-state index contributed by atoms with van der Waals surface area (Å²) in [5.41, 5.74) is -4.79. The van der Waals surface area contributed by atoms with Crippen LogP contribution in [0.15, 0.2) is 10.7 Å². The summed E-state index contributed by atoms with van der Waals surface area (Å²) in [5, 5.41) is 12.8. The third-order valence-corrected chi connectivity index (χ3v) is 4.01. The summed E-state index contributed by atoms with van der Waals surface area (Å²) in [7, 11) is 0. The Labute approximate surface area is 130 Å². The van der Waals surface area contributed by atoms with Crippen molar-refractivity contribution in [2.24, 2.45) is 0 Å². The second kappa shape index (κ2) is 4.74. The number of imidazole rings is 1. The minimum atomic E-state index is -5.01. The van der Waals surface area contributed by atoms with Gasteiger partial charge in [0.2, 0.25) is 5.60 Å². The van der Waals surface area contributed by atoms with Crippen LogP contribution in [0.1, 0.15) is 37.0 Å². The van der Waals surface area contributed by atoms with Gasteiger partial charge in [0, 0.05) is 11.6 Å². The average molecular weight is 355 g/mol. The zero-order chi connectivity index (χ0) is 18.1. The van der Waals surface area contributed by atoms with E-state index in [2.05, 4.69) is 10.1 Å². The largest absolute Gasteiger partial charge is 0.437 e. The highest BCUT2D eigenvalue weighted by Crippen LogP contribution is 2.45. The van der Waals surface area contributed by atoms with E-state index >= 15 is 0 Å². The predicted molar refractivity (Wildman–Crippen MR) is 66.8 cm³/mol. The molecule has 5 nitrogen and oxygen atoms in total. The van der Waals surface area contributed by atoms with Crippen LogP contribution < -0.4 is 0 Å². The molecular weight excluding hydrogens is 344 g/mol. The molecule has 24 heavy (non-hydrogen) atoms. The van der Waals surface area contributed by atoms with E-state index in [-0.39, 0.29) is 23.4 Å². The highest BCUT2D eigenvalue weighted by molar-refractivity contribution is 5.61. The van der Waals surface area contributed by atoms with Gasteiger partial charge in [-0.15, -0.1) is 0 Å². The molecule has 0 amide bonds. The van der Waals surface area contributed by atoms with Crippen LogP contribution in [0, 0.1) is 0 Å². The van der Waals surface area contributed by atoms with Crippen LogP contribution >= 0.6 is 0 Å². The van der Waals surface area contributed by atoms with Crippen LogP contribution in [-0.4, -0.2) is 26.0 Å². The Hall–Kier alpha value is -2.04. The zero-order valence-electron chi connectivity index (χ0n) is 12.3. The molecule has 2 aromatic rings. The maximum atomic E-state index is 13.1. The van der Waals surface area contributed by atoms with Gasteiger partial charge in [0.25, 0.3) is 0 Å². The SMILES string of the molecule is C[C@@H]1Cc2c(C(F)(F)F)noc2-c2cnc(C(C)(O)C(F)(F)F)n21. The number of fused-ring (bicyclic) bond motifs is 3. The van der Waals surface area contributed by atoms with E-state index in [1.807, 2.05) is 0 Å². The Morgan fingerprint density at radius 3 is 2.42 bits per heavy atom. The molecule has 2 atom stereocenters. The molecule has 2 aromatic heterocycles. The summed E-state index contributed by atoms with van der Waals surface area (Å²) in [6.07, 6.45) is -9.06. The van der Waals surface area contributed by atoms with Crippen molar-refractivity contribution in [2.75, 3.05) is 0 Å². The first-order valence-corrected chi connectivity index (χ1v) is 6.78. The fourth-order valence-corrected chi connectivity index (χ4v) is 2.77. The van der Waals surface area contributed by atoms with Crippen molar-refractivity contribution in [3.05, 3.63) is 23.3 Å². The van der Waals surface area contributed by atoms with Crippen LogP contribution in [0.4, 0.5) is 26.3 Å². The van der Waals surface area contributed by atoms with E-state index in [0.717, 1.165) is 10.8 Å². The molecule has 3 rings (SSSR count). The molecule has 0 spiro atoms. The van der Waals surface area contributed by atoms with Crippen LogP contribution in [0.3, 0.4) is 0 Å². The zero-order valence-corrected chi connectivity index (χ0v) is 12.3. The van der Waals surface area contributed by atoms with Crippen molar-refractivity contribution in [2.45, 2.75) is 44.3 Å². The second-order valence-electron chi connectivity index (χ2n) is 5.80. The van der Waals surface area contributed by atoms with Crippen LogP contribution in [0.2, 0.25) is 0 Å². The number of hydrogen-bond acceptors (Lipinski definition) is 4.